The number of Topliss-reactive ketones (excluding diaryl/α,β-unsaturated/α-hetero) is 1. The van der Waals surface area contributed by atoms with E-state index in [1.54, 1.807) is 30.5 Å². The van der Waals surface area contributed by atoms with Gasteiger partial charge in [-0.15, -0.1) is 0 Å². The number of carbonyl (C=O) groups excluding carboxylic acids is 2. The van der Waals surface area contributed by atoms with Crippen molar-refractivity contribution >= 4 is 28.9 Å². The molecule has 0 fully saturated rings. The van der Waals surface area contributed by atoms with Crippen LogP contribution in [0.3, 0.4) is 0 Å². The molecule has 27 heavy (non-hydrogen) atoms. The molecule has 3 aromatic rings. The van der Waals surface area contributed by atoms with Gasteiger partial charge in [0.15, 0.2) is 11.6 Å². The number of amides is 1. The van der Waals surface area contributed by atoms with Crippen LogP contribution in [0.1, 0.15) is 33.3 Å². The molecule has 2 aromatic carbocycles. The van der Waals surface area contributed by atoms with Crippen LogP contribution >= 0.6 is 0 Å². The molecule has 1 N–H and O–H groups in total. The molecule has 0 aliphatic carbocycles. The molecule has 0 saturated heterocycles. The van der Waals surface area contributed by atoms with Crippen molar-refractivity contribution in [3.05, 3.63) is 77.7 Å². The maximum Gasteiger partial charge on any atom is 0.275 e. The number of aromatic nitrogens is 2. The van der Waals surface area contributed by atoms with Crippen LogP contribution in [0.5, 0.6) is 0 Å². The van der Waals surface area contributed by atoms with Gasteiger partial charge in [0.1, 0.15) is 5.69 Å². The first kappa shape index (κ1) is 16.9. The Labute approximate surface area is 156 Å². The van der Waals surface area contributed by atoms with Crippen molar-refractivity contribution in [1.29, 1.82) is 0 Å². The first-order valence-corrected chi connectivity index (χ1v) is 8.71. The zero-order chi connectivity index (χ0) is 18.8. The lowest BCUT2D eigenvalue weighted by molar-refractivity contribution is 0.101. The molecule has 0 unspecified atom stereocenters. The molecule has 1 aliphatic heterocycles. The quantitative estimate of drug-likeness (QED) is 0.721. The fourth-order valence-corrected chi connectivity index (χ4v) is 3.14. The van der Waals surface area contributed by atoms with Crippen molar-refractivity contribution < 1.29 is 9.59 Å². The Morgan fingerprint density at radius 1 is 1.00 bits per heavy atom. The lowest BCUT2D eigenvalue weighted by atomic mass is 10.1. The van der Waals surface area contributed by atoms with Gasteiger partial charge in [-0.05, 0) is 49.2 Å². The van der Waals surface area contributed by atoms with E-state index < -0.39 is 0 Å². The Kier molecular flexibility index (Phi) is 4.38. The normalized spacial score (nSPS) is 12.6. The molecule has 134 valence electrons. The van der Waals surface area contributed by atoms with Crippen LogP contribution in [0.25, 0.3) is 0 Å². The van der Waals surface area contributed by atoms with Crippen molar-refractivity contribution in [2.24, 2.45) is 0 Å². The van der Waals surface area contributed by atoms with Crippen LogP contribution < -0.4 is 10.2 Å². The lowest BCUT2D eigenvalue weighted by Crippen LogP contribution is -2.18. The minimum absolute atomic E-state index is 0.0159. The molecule has 2 heterocycles. The molecule has 0 saturated carbocycles. The average molecular weight is 358 g/mol. The van der Waals surface area contributed by atoms with E-state index in [0.29, 0.717) is 11.3 Å². The smallest absolute Gasteiger partial charge is 0.275 e. The molecule has 0 radical (unpaired) electrons. The Balaban J connectivity index is 1.47. The highest BCUT2D eigenvalue weighted by Gasteiger charge is 2.21. The highest BCUT2D eigenvalue weighted by molar-refractivity contribution is 6.03. The molecule has 6 heteroatoms. The standard InChI is InChI=1S/C21H18N4O2/c1-14(26)15-6-8-17(9-7-15)24-21(27)18-12-23-20(13-22-18)25-11-10-16-4-2-3-5-19(16)25/h2-9,12-13H,10-11H2,1H3,(H,24,27). The van der Waals surface area contributed by atoms with E-state index in [1.807, 2.05) is 12.1 Å². The molecular formula is C21H18N4O2. The SMILES string of the molecule is CC(=O)c1ccc(NC(=O)c2cnc(N3CCc4ccccc43)cn2)cc1. The largest absolute Gasteiger partial charge is 0.325 e. The van der Waals surface area contributed by atoms with E-state index in [9.17, 15) is 9.59 Å². The summed E-state index contributed by atoms with van der Waals surface area (Å²) in [5.41, 5.74) is 3.86. The summed E-state index contributed by atoms with van der Waals surface area (Å²) in [6.07, 6.45) is 4.07. The second-order valence-corrected chi connectivity index (χ2v) is 6.38. The molecule has 1 amide bonds. The first-order valence-electron chi connectivity index (χ1n) is 8.71. The number of ketones is 1. The summed E-state index contributed by atoms with van der Waals surface area (Å²) in [5.74, 6) is 0.367. The van der Waals surface area contributed by atoms with Crippen LogP contribution in [-0.4, -0.2) is 28.2 Å². The zero-order valence-corrected chi connectivity index (χ0v) is 14.8. The molecule has 6 nitrogen and oxygen atoms in total. The van der Waals surface area contributed by atoms with Gasteiger partial charge in [0.05, 0.1) is 12.4 Å². The number of nitrogens with one attached hydrogen (secondary N) is 1. The molecular weight excluding hydrogens is 340 g/mol. The third-order valence-corrected chi connectivity index (χ3v) is 4.58. The number of anilines is 3. The summed E-state index contributed by atoms with van der Waals surface area (Å²) in [6.45, 7) is 2.35. The number of para-hydroxylation sites is 1. The minimum Gasteiger partial charge on any atom is -0.325 e. The topological polar surface area (TPSA) is 75.2 Å². The van der Waals surface area contributed by atoms with Crippen molar-refractivity contribution in [3.8, 4) is 0 Å². The Hall–Kier alpha value is -3.54. The van der Waals surface area contributed by atoms with Crippen LogP contribution in [0.4, 0.5) is 17.2 Å². The third-order valence-electron chi connectivity index (χ3n) is 4.58. The van der Waals surface area contributed by atoms with Crippen LogP contribution in [0.2, 0.25) is 0 Å². The van der Waals surface area contributed by atoms with Gasteiger partial charge in [0.2, 0.25) is 0 Å². The van der Waals surface area contributed by atoms with E-state index in [4.69, 9.17) is 0 Å². The highest BCUT2D eigenvalue weighted by Crippen LogP contribution is 2.32. The fraction of sp³-hybridized carbons (Fsp3) is 0.143. The van der Waals surface area contributed by atoms with Crippen molar-refractivity contribution in [2.45, 2.75) is 13.3 Å². The Morgan fingerprint density at radius 2 is 1.78 bits per heavy atom. The number of rotatable bonds is 4. The van der Waals surface area contributed by atoms with E-state index in [2.05, 4.69) is 32.3 Å². The van der Waals surface area contributed by atoms with Crippen molar-refractivity contribution in [1.82, 2.24) is 9.97 Å². The molecule has 1 aliphatic rings. The number of hydrogen-bond acceptors (Lipinski definition) is 5. The second-order valence-electron chi connectivity index (χ2n) is 6.38. The summed E-state index contributed by atoms with van der Waals surface area (Å²) in [7, 11) is 0. The Morgan fingerprint density at radius 3 is 2.48 bits per heavy atom. The van der Waals surface area contributed by atoms with E-state index in [0.717, 1.165) is 24.5 Å². The maximum absolute atomic E-state index is 12.4. The van der Waals surface area contributed by atoms with Crippen molar-refractivity contribution in [3.63, 3.8) is 0 Å². The second kappa shape index (κ2) is 6.99. The average Bonchev–Trinajstić information content (AvgIpc) is 3.12. The number of nitrogens with zero attached hydrogens (tertiary/aromatic N) is 3. The van der Waals surface area contributed by atoms with Gasteiger partial charge < -0.3 is 10.2 Å². The molecule has 1 aromatic heterocycles. The Bertz CT molecular complexity index is 997. The van der Waals surface area contributed by atoms with Gasteiger partial charge >= 0.3 is 0 Å². The maximum atomic E-state index is 12.4. The zero-order valence-electron chi connectivity index (χ0n) is 14.8. The summed E-state index contributed by atoms with van der Waals surface area (Å²) < 4.78 is 0. The molecule has 4 rings (SSSR count). The summed E-state index contributed by atoms with van der Waals surface area (Å²) >= 11 is 0. The number of hydrogen-bond donors (Lipinski definition) is 1. The summed E-state index contributed by atoms with van der Waals surface area (Å²) in [6, 6.07) is 15.0. The molecule has 0 atom stereocenters. The van der Waals surface area contributed by atoms with E-state index in [1.165, 1.54) is 18.7 Å². The van der Waals surface area contributed by atoms with Crippen LogP contribution in [0.15, 0.2) is 60.9 Å². The van der Waals surface area contributed by atoms with E-state index >= 15 is 0 Å². The van der Waals surface area contributed by atoms with Gasteiger partial charge in [-0.1, -0.05) is 18.2 Å². The lowest BCUT2D eigenvalue weighted by Gasteiger charge is -2.17. The van der Waals surface area contributed by atoms with Gasteiger partial charge in [-0.3, -0.25) is 9.59 Å². The first-order chi connectivity index (χ1) is 13.1. The van der Waals surface area contributed by atoms with Gasteiger partial charge in [-0.25, -0.2) is 9.97 Å². The highest BCUT2D eigenvalue weighted by atomic mass is 16.2. The summed E-state index contributed by atoms with van der Waals surface area (Å²) in [5, 5.41) is 2.76. The fourth-order valence-electron chi connectivity index (χ4n) is 3.14. The van der Waals surface area contributed by atoms with Crippen molar-refractivity contribution in [2.75, 3.05) is 16.8 Å². The number of carbonyl (C=O) groups is 2. The minimum atomic E-state index is -0.341. The van der Waals surface area contributed by atoms with Gasteiger partial charge in [0.25, 0.3) is 5.91 Å². The molecule has 0 bridgehead atoms. The predicted octanol–water partition coefficient (Wildman–Crippen LogP) is 3.63. The van der Waals surface area contributed by atoms with E-state index in [-0.39, 0.29) is 17.4 Å². The van der Waals surface area contributed by atoms with Crippen LogP contribution in [-0.2, 0) is 6.42 Å². The van der Waals surface area contributed by atoms with Crippen LogP contribution in [0, 0.1) is 0 Å². The predicted molar refractivity (Wildman–Crippen MR) is 104 cm³/mol. The van der Waals surface area contributed by atoms with Gasteiger partial charge in [-0.2, -0.15) is 0 Å². The number of fused-ring (bicyclic) bond motifs is 1. The van der Waals surface area contributed by atoms with Gasteiger partial charge in [0, 0.05) is 23.5 Å². The number of benzene rings is 2. The molecule has 0 spiro atoms. The monoisotopic (exact) mass is 358 g/mol. The third kappa shape index (κ3) is 3.42. The summed E-state index contributed by atoms with van der Waals surface area (Å²) in [4.78, 5) is 34.5.